The van der Waals surface area contributed by atoms with Gasteiger partial charge in [0, 0.05) is 0 Å². The summed E-state index contributed by atoms with van der Waals surface area (Å²) in [4.78, 5) is 0. The van der Waals surface area contributed by atoms with Crippen LogP contribution in [0.1, 0.15) is 0 Å². The van der Waals surface area contributed by atoms with Gasteiger partial charge in [0.15, 0.2) is 0 Å². The molecule has 1 unspecified atom stereocenters. The lowest BCUT2D eigenvalue weighted by atomic mass is 10.6. The van der Waals surface area contributed by atoms with Gasteiger partial charge in [-0.1, -0.05) is 0 Å². The van der Waals surface area contributed by atoms with Crippen LogP contribution in [0.2, 0.25) is 0 Å². The Bertz CT molecular complexity index is 87.3. The Labute approximate surface area is 54.4 Å². The fraction of sp³-hybridized carbons (Fsp3) is 1.00. The van der Waals surface area contributed by atoms with Gasteiger partial charge in [-0.3, -0.25) is 0 Å². The molecule has 0 aliphatic carbocycles. The summed E-state index contributed by atoms with van der Waals surface area (Å²) >= 11 is 0. The summed E-state index contributed by atoms with van der Waals surface area (Å²) in [6, 6.07) is 0. The van der Waals surface area contributed by atoms with Crippen LogP contribution in [0.25, 0.3) is 0 Å². The molecule has 61 valence electrons. The van der Waals surface area contributed by atoms with E-state index in [-0.39, 0.29) is 0 Å². The minimum Gasteiger partial charge on any atom is -0.339 e. The molecule has 0 heterocycles. The average molecular weight is 161 g/mol. The van der Waals surface area contributed by atoms with Crippen LogP contribution in [0.5, 0.6) is 0 Å². The first-order valence-electron chi connectivity index (χ1n) is 2.37. The summed E-state index contributed by atoms with van der Waals surface area (Å²) in [6.07, 6.45) is -8.79. The number of rotatable bonds is 4. The second kappa shape index (κ2) is 4.45. The molecule has 0 spiro atoms. The number of halogens is 4. The highest BCUT2D eigenvalue weighted by atomic mass is 19.3. The van der Waals surface area contributed by atoms with Crippen molar-refractivity contribution in [2.75, 3.05) is 6.61 Å². The second-order valence-corrected chi connectivity index (χ2v) is 1.43. The molecule has 6 heteroatoms. The molecular weight excluding hydrogens is 156 g/mol. The predicted molar refractivity (Wildman–Crippen MR) is 22.4 cm³/mol. The smallest absolute Gasteiger partial charge is 0.291 e. The average Bonchev–Trinajstić information content (AvgIpc) is 1.82. The minimum atomic E-state index is -3.25. The van der Waals surface area contributed by atoms with Crippen molar-refractivity contribution in [3.05, 3.63) is 0 Å². The topological polar surface area (TPSA) is 29.1 Å². The predicted octanol–water partition coefficient (Wildman–Crippen LogP) is 1.29. The van der Waals surface area contributed by atoms with Crippen LogP contribution >= 0.6 is 0 Å². The van der Waals surface area contributed by atoms with E-state index in [1.165, 1.54) is 0 Å². The summed E-state index contributed by atoms with van der Waals surface area (Å²) in [5, 5.41) is 9.83. The van der Waals surface area contributed by atoms with Crippen molar-refractivity contribution in [3.8, 4) is 0 Å². The van der Waals surface area contributed by atoms with Gasteiger partial charge in [-0.25, -0.2) is 17.6 Å². The SMILES string of the molecule is [O]C(OCC(F)F)C(F)F. The highest BCUT2D eigenvalue weighted by Crippen LogP contribution is 2.04. The van der Waals surface area contributed by atoms with Crippen molar-refractivity contribution in [3.63, 3.8) is 0 Å². The Hall–Kier alpha value is -0.360. The first kappa shape index (κ1) is 9.64. The van der Waals surface area contributed by atoms with Gasteiger partial charge in [0.25, 0.3) is 19.1 Å². The first-order chi connectivity index (χ1) is 4.54. The summed E-state index contributed by atoms with van der Waals surface area (Å²) < 4.78 is 48.2. The number of ether oxygens (including phenoxy) is 1. The molecule has 0 aliphatic heterocycles. The van der Waals surface area contributed by atoms with Crippen LogP contribution < -0.4 is 0 Å². The van der Waals surface area contributed by atoms with Crippen LogP contribution in [-0.4, -0.2) is 25.7 Å². The molecule has 0 amide bonds. The van der Waals surface area contributed by atoms with Crippen LogP contribution in [0, 0.1) is 0 Å². The Morgan fingerprint density at radius 3 is 2.00 bits per heavy atom. The zero-order valence-corrected chi connectivity index (χ0v) is 4.77. The van der Waals surface area contributed by atoms with E-state index in [0.717, 1.165) is 0 Å². The molecular formula is C4H5F4O2. The van der Waals surface area contributed by atoms with E-state index in [1.807, 2.05) is 0 Å². The second-order valence-electron chi connectivity index (χ2n) is 1.43. The minimum absolute atomic E-state index is 1.24. The van der Waals surface area contributed by atoms with Crippen molar-refractivity contribution < 1.29 is 27.4 Å². The monoisotopic (exact) mass is 161 g/mol. The normalized spacial score (nSPS) is 14.7. The van der Waals surface area contributed by atoms with Crippen LogP contribution in [0.15, 0.2) is 0 Å². The van der Waals surface area contributed by atoms with Gasteiger partial charge < -0.3 is 4.74 Å². The summed E-state index contributed by atoms with van der Waals surface area (Å²) in [5.41, 5.74) is 0. The van der Waals surface area contributed by atoms with E-state index in [4.69, 9.17) is 0 Å². The van der Waals surface area contributed by atoms with Gasteiger partial charge >= 0.3 is 0 Å². The quantitative estimate of drug-likeness (QED) is 0.451. The van der Waals surface area contributed by atoms with Crippen LogP contribution in [0.4, 0.5) is 17.6 Å². The zero-order chi connectivity index (χ0) is 8.15. The number of alkyl halides is 4. The van der Waals surface area contributed by atoms with E-state index >= 15 is 0 Å². The molecule has 0 saturated heterocycles. The Kier molecular flexibility index (Phi) is 4.29. The summed E-state index contributed by atoms with van der Waals surface area (Å²) in [7, 11) is 0. The molecule has 2 nitrogen and oxygen atoms in total. The molecule has 0 bridgehead atoms. The van der Waals surface area contributed by atoms with E-state index in [0.29, 0.717) is 0 Å². The molecule has 0 N–H and O–H groups in total. The van der Waals surface area contributed by atoms with Gasteiger partial charge in [0.1, 0.15) is 6.61 Å². The van der Waals surface area contributed by atoms with Crippen molar-refractivity contribution in [1.29, 1.82) is 0 Å². The van der Waals surface area contributed by atoms with E-state index in [9.17, 15) is 22.7 Å². The molecule has 0 aromatic carbocycles. The lowest BCUT2D eigenvalue weighted by molar-refractivity contribution is -0.219. The Morgan fingerprint density at radius 2 is 1.70 bits per heavy atom. The standard InChI is InChI=1S/C4H5F4O2/c5-2(6)1-10-4(9)3(7)8/h2-4H,1H2. The van der Waals surface area contributed by atoms with Crippen molar-refractivity contribution in [1.82, 2.24) is 0 Å². The molecule has 1 atom stereocenters. The van der Waals surface area contributed by atoms with Crippen molar-refractivity contribution >= 4 is 0 Å². The van der Waals surface area contributed by atoms with E-state index < -0.39 is 25.7 Å². The third kappa shape index (κ3) is 4.51. The maximum atomic E-state index is 11.2. The Balaban J connectivity index is 3.30. The largest absolute Gasteiger partial charge is 0.339 e. The molecule has 0 aromatic rings. The molecule has 10 heavy (non-hydrogen) atoms. The van der Waals surface area contributed by atoms with E-state index in [2.05, 4.69) is 4.74 Å². The van der Waals surface area contributed by atoms with Crippen LogP contribution in [-0.2, 0) is 9.84 Å². The molecule has 0 rings (SSSR count). The zero-order valence-electron chi connectivity index (χ0n) is 4.77. The molecule has 0 aromatic heterocycles. The summed E-state index contributed by atoms with van der Waals surface area (Å²) in [5.74, 6) is 0. The molecule has 0 fully saturated rings. The van der Waals surface area contributed by atoms with Crippen molar-refractivity contribution in [2.24, 2.45) is 0 Å². The Morgan fingerprint density at radius 1 is 1.20 bits per heavy atom. The first-order valence-corrected chi connectivity index (χ1v) is 2.37. The van der Waals surface area contributed by atoms with Gasteiger partial charge in [0.05, 0.1) is 0 Å². The fourth-order valence-corrected chi connectivity index (χ4v) is 0.240. The highest BCUT2D eigenvalue weighted by Gasteiger charge is 2.20. The van der Waals surface area contributed by atoms with Gasteiger partial charge in [-0.05, 0) is 0 Å². The van der Waals surface area contributed by atoms with Gasteiger partial charge in [-0.2, -0.15) is 5.11 Å². The lowest BCUT2D eigenvalue weighted by Crippen LogP contribution is -2.22. The highest BCUT2D eigenvalue weighted by molar-refractivity contribution is 4.43. The molecule has 0 aliphatic rings. The third-order valence-electron chi connectivity index (χ3n) is 0.592. The number of hydrogen-bond donors (Lipinski definition) is 0. The maximum absolute atomic E-state index is 11.2. The van der Waals surface area contributed by atoms with Gasteiger partial charge in [-0.15, -0.1) is 0 Å². The fourth-order valence-electron chi connectivity index (χ4n) is 0.240. The maximum Gasteiger partial charge on any atom is 0.291 e. The molecule has 1 radical (unpaired) electrons. The lowest BCUT2D eigenvalue weighted by Gasteiger charge is -2.06. The van der Waals surface area contributed by atoms with E-state index in [1.54, 1.807) is 0 Å². The van der Waals surface area contributed by atoms with Gasteiger partial charge in [0.2, 0.25) is 0 Å². The van der Waals surface area contributed by atoms with Crippen molar-refractivity contribution in [2.45, 2.75) is 19.1 Å². The number of hydrogen-bond acceptors (Lipinski definition) is 1. The molecule has 0 saturated carbocycles. The summed E-state index contributed by atoms with van der Waals surface area (Å²) in [6.45, 7) is -1.24. The van der Waals surface area contributed by atoms with Crippen LogP contribution in [0.3, 0.4) is 0 Å². The third-order valence-corrected chi connectivity index (χ3v) is 0.592.